The van der Waals surface area contributed by atoms with E-state index in [0.717, 1.165) is 0 Å². The highest BCUT2D eigenvalue weighted by atomic mass is 16.3. The molecular formula is C15H13N3O2. The fourth-order valence-corrected chi connectivity index (χ4v) is 2.50. The molecule has 100 valence electrons. The molecular weight excluding hydrogens is 254 g/mol. The van der Waals surface area contributed by atoms with Gasteiger partial charge < -0.3 is 10.8 Å². The average Bonchev–Trinajstić information content (AvgIpc) is 2.48. The number of hydrogen-bond donors (Lipinski definition) is 2. The van der Waals surface area contributed by atoms with Gasteiger partial charge in [-0.25, -0.2) is 0 Å². The van der Waals surface area contributed by atoms with Gasteiger partial charge in [-0.3, -0.25) is 4.79 Å². The Morgan fingerprint density at radius 1 is 1.10 bits per heavy atom. The van der Waals surface area contributed by atoms with Crippen molar-refractivity contribution in [3.63, 3.8) is 0 Å². The van der Waals surface area contributed by atoms with E-state index in [1.54, 1.807) is 48.5 Å². The van der Waals surface area contributed by atoms with Crippen LogP contribution >= 0.6 is 0 Å². The summed E-state index contributed by atoms with van der Waals surface area (Å²) in [6.45, 7) is 0. The summed E-state index contributed by atoms with van der Waals surface area (Å²) < 4.78 is 0. The van der Waals surface area contributed by atoms with E-state index in [4.69, 9.17) is 5.73 Å². The predicted molar refractivity (Wildman–Crippen MR) is 73.4 cm³/mol. The number of carbonyl (C=O) groups excluding carboxylic acids is 1. The van der Waals surface area contributed by atoms with Gasteiger partial charge in [0.25, 0.3) is 0 Å². The zero-order chi connectivity index (χ0) is 14.2. The molecule has 2 aromatic carbocycles. The smallest absolute Gasteiger partial charge is 0.247 e. The van der Waals surface area contributed by atoms with Gasteiger partial charge in [-0.15, -0.1) is 0 Å². The van der Waals surface area contributed by atoms with Crippen LogP contribution in [0.1, 0.15) is 11.1 Å². The van der Waals surface area contributed by atoms with Crippen LogP contribution in [0.15, 0.2) is 64.8 Å². The first-order valence-electron chi connectivity index (χ1n) is 6.21. The Balaban J connectivity index is 2.27. The van der Waals surface area contributed by atoms with Crippen LogP contribution in [0.2, 0.25) is 0 Å². The summed E-state index contributed by atoms with van der Waals surface area (Å²) in [5.41, 5.74) is 5.43. The van der Waals surface area contributed by atoms with Gasteiger partial charge in [-0.1, -0.05) is 48.5 Å². The molecule has 3 N–H and O–H groups in total. The first-order chi connectivity index (χ1) is 9.64. The molecule has 0 aliphatic carbocycles. The first kappa shape index (κ1) is 12.5. The lowest BCUT2D eigenvalue weighted by Gasteiger charge is -2.35. The second-order valence-electron chi connectivity index (χ2n) is 4.67. The summed E-state index contributed by atoms with van der Waals surface area (Å²) in [6.07, 6.45) is 0. The van der Waals surface area contributed by atoms with Crippen molar-refractivity contribution in [2.45, 2.75) is 11.6 Å². The molecule has 5 heteroatoms. The summed E-state index contributed by atoms with van der Waals surface area (Å²) in [5, 5.41) is 19.1. The molecule has 1 amide bonds. The SMILES string of the molecule is NC(=O)C1N=Nc2ccccc2C1(O)c1ccccc1. The standard InChI is InChI=1S/C15H13N3O2/c16-14(19)13-15(20,10-6-2-1-3-7-10)11-8-4-5-9-12(11)17-18-13/h1-9,13,20H,(H2,16,19). The van der Waals surface area contributed by atoms with Crippen molar-refractivity contribution < 1.29 is 9.90 Å². The lowest BCUT2D eigenvalue weighted by Crippen LogP contribution is -2.48. The number of amides is 1. The second-order valence-corrected chi connectivity index (χ2v) is 4.67. The zero-order valence-electron chi connectivity index (χ0n) is 10.6. The molecule has 2 atom stereocenters. The van der Waals surface area contributed by atoms with Gasteiger partial charge in [-0.2, -0.15) is 10.2 Å². The Morgan fingerprint density at radius 3 is 2.45 bits per heavy atom. The molecule has 1 aliphatic rings. The van der Waals surface area contributed by atoms with E-state index in [2.05, 4.69) is 10.2 Å². The van der Waals surface area contributed by atoms with Crippen LogP contribution in [0.3, 0.4) is 0 Å². The van der Waals surface area contributed by atoms with Gasteiger partial charge in [-0.05, 0) is 11.6 Å². The van der Waals surface area contributed by atoms with Gasteiger partial charge in [0.1, 0.15) is 5.60 Å². The Labute approximate surface area is 115 Å². The maximum absolute atomic E-state index is 11.7. The summed E-state index contributed by atoms with van der Waals surface area (Å²) in [5.74, 6) is -0.713. The van der Waals surface area contributed by atoms with Gasteiger partial charge >= 0.3 is 0 Å². The van der Waals surface area contributed by atoms with E-state index < -0.39 is 17.6 Å². The van der Waals surface area contributed by atoms with Crippen molar-refractivity contribution in [2.75, 3.05) is 0 Å². The van der Waals surface area contributed by atoms with Crippen molar-refractivity contribution in [3.8, 4) is 0 Å². The average molecular weight is 267 g/mol. The monoisotopic (exact) mass is 267 g/mol. The van der Waals surface area contributed by atoms with E-state index in [1.807, 2.05) is 6.07 Å². The summed E-state index contributed by atoms with van der Waals surface area (Å²) in [7, 11) is 0. The molecule has 0 fully saturated rings. The molecule has 5 nitrogen and oxygen atoms in total. The number of fused-ring (bicyclic) bond motifs is 1. The Hall–Kier alpha value is -2.53. The Bertz CT molecular complexity index is 685. The number of azo groups is 1. The maximum atomic E-state index is 11.7. The van der Waals surface area contributed by atoms with Crippen LogP contribution in [0.5, 0.6) is 0 Å². The molecule has 0 aromatic heterocycles. The number of aliphatic hydroxyl groups is 1. The quantitative estimate of drug-likeness (QED) is 0.870. The Kier molecular flexibility index (Phi) is 2.84. The highest BCUT2D eigenvalue weighted by Crippen LogP contribution is 2.43. The maximum Gasteiger partial charge on any atom is 0.247 e. The summed E-state index contributed by atoms with van der Waals surface area (Å²) in [4.78, 5) is 11.7. The van der Waals surface area contributed by atoms with Crippen LogP contribution in [0, 0.1) is 0 Å². The second kappa shape index (κ2) is 4.54. The summed E-state index contributed by atoms with van der Waals surface area (Å²) >= 11 is 0. The minimum atomic E-state index is -1.59. The van der Waals surface area contributed by atoms with E-state index in [9.17, 15) is 9.90 Å². The van der Waals surface area contributed by atoms with Gasteiger partial charge in [0.2, 0.25) is 5.91 Å². The van der Waals surface area contributed by atoms with Crippen molar-refractivity contribution in [1.29, 1.82) is 0 Å². The van der Waals surface area contributed by atoms with Crippen molar-refractivity contribution in [1.82, 2.24) is 0 Å². The molecule has 0 radical (unpaired) electrons. The molecule has 1 heterocycles. The molecule has 2 aromatic rings. The molecule has 20 heavy (non-hydrogen) atoms. The number of primary amides is 1. The van der Waals surface area contributed by atoms with Crippen LogP contribution < -0.4 is 5.73 Å². The lowest BCUT2D eigenvalue weighted by molar-refractivity contribution is -0.124. The third-order valence-corrected chi connectivity index (χ3v) is 3.47. The van der Waals surface area contributed by atoms with Crippen LogP contribution in [-0.2, 0) is 10.4 Å². The third kappa shape index (κ3) is 1.71. The number of carbonyl (C=O) groups is 1. The number of nitrogens with zero attached hydrogens (tertiary/aromatic N) is 2. The molecule has 2 unspecified atom stereocenters. The largest absolute Gasteiger partial charge is 0.377 e. The molecule has 3 rings (SSSR count). The van der Waals surface area contributed by atoms with Gasteiger partial charge in [0.05, 0.1) is 5.69 Å². The molecule has 0 saturated carbocycles. The minimum Gasteiger partial charge on any atom is -0.377 e. The Morgan fingerprint density at radius 2 is 1.75 bits per heavy atom. The number of nitrogens with two attached hydrogens (primary N) is 1. The summed E-state index contributed by atoms with van der Waals surface area (Å²) in [6, 6.07) is 14.8. The number of hydrogen-bond acceptors (Lipinski definition) is 4. The van der Waals surface area contributed by atoms with E-state index in [0.29, 0.717) is 16.8 Å². The van der Waals surface area contributed by atoms with E-state index in [1.165, 1.54) is 0 Å². The fraction of sp³-hybridized carbons (Fsp3) is 0.133. The first-order valence-corrected chi connectivity index (χ1v) is 6.21. The molecule has 0 spiro atoms. The highest BCUT2D eigenvalue weighted by molar-refractivity contribution is 5.84. The molecule has 0 bridgehead atoms. The van der Waals surface area contributed by atoms with Crippen LogP contribution in [-0.4, -0.2) is 17.1 Å². The fourth-order valence-electron chi connectivity index (χ4n) is 2.50. The van der Waals surface area contributed by atoms with Gasteiger partial charge in [0, 0.05) is 5.56 Å². The molecule has 0 saturated heterocycles. The van der Waals surface area contributed by atoms with Gasteiger partial charge in [0.15, 0.2) is 6.04 Å². The number of rotatable bonds is 2. The lowest BCUT2D eigenvalue weighted by atomic mass is 9.78. The van der Waals surface area contributed by atoms with Crippen molar-refractivity contribution in [2.24, 2.45) is 16.0 Å². The molecule has 1 aliphatic heterocycles. The van der Waals surface area contributed by atoms with Crippen molar-refractivity contribution >= 4 is 11.6 Å². The zero-order valence-corrected chi connectivity index (χ0v) is 10.6. The van der Waals surface area contributed by atoms with E-state index in [-0.39, 0.29) is 0 Å². The van der Waals surface area contributed by atoms with E-state index >= 15 is 0 Å². The minimum absolute atomic E-state index is 0.532. The predicted octanol–water partition coefficient (Wildman–Crippen LogP) is 1.87. The van der Waals surface area contributed by atoms with Crippen LogP contribution in [0.25, 0.3) is 0 Å². The van der Waals surface area contributed by atoms with Crippen LogP contribution in [0.4, 0.5) is 5.69 Å². The van der Waals surface area contributed by atoms with Crippen molar-refractivity contribution in [3.05, 3.63) is 65.7 Å². The third-order valence-electron chi connectivity index (χ3n) is 3.47. The highest BCUT2D eigenvalue weighted by Gasteiger charge is 2.47. The topological polar surface area (TPSA) is 88.0 Å². The normalized spacial score (nSPS) is 24.1. The number of benzene rings is 2.